The fraction of sp³-hybridized carbons (Fsp3) is 0.780. The van der Waals surface area contributed by atoms with E-state index in [0.29, 0.717) is 6.42 Å². The zero-order valence-electron chi connectivity index (χ0n) is 32.1. The van der Waals surface area contributed by atoms with Gasteiger partial charge < -0.3 is 21.1 Å². The highest BCUT2D eigenvalue weighted by Crippen LogP contribution is 2.43. The maximum atomic E-state index is 12.7. The number of carbonyl (C=O) groups excluding carboxylic acids is 1. The first-order valence-electron chi connectivity index (χ1n) is 20.3. The summed E-state index contributed by atoms with van der Waals surface area (Å²) in [5, 5.41) is 13.6. The minimum absolute atomic E-state index is 0.0691. The average molecular weight is 725 g/mol. The van der Waals surface area contributed by atoms with Gasteiger partial charge in [-0.1, -0.05) is 152 Å². The van der Waals surface area contributed by atoms with E-state index in [-0.39, 0.29) is 25.7 Å². The fourth-order valence-electron chi connectivity index (χ4n) is 5.50. The SMILES string of the molecule is CCCC/C=C\CCCCCCCC(=O)NC(COP(=O)(O)OCCN)C(O)/C=C/CC/C=C/CC/C=C/CCCCCCCCCCCC. The molecule has 0 aliphatic carbocycles. The van der Waals surface area contributed by atoms with E-state index in [1.807, 2.05) is 6.08 Å². The lowest BCUT2D eigenvalue weighted by Gasteiger charge is -2.23. The van der Waals surface area contributed by atoms with E-state index in [0.717, 1.165) is 70.6 Å². The van der Waals surface area contributed by atoms with E-state index < -0.39 is 20.0 Å². The van der Waals surface area contributed by atoms with Crippen molar-refractivity contribution < 1.29 is 28.4 Å². The van der Waals surface area contributed by atoms with E-state index in [1.54, 1.807) is 6.08 Å². The number of carbonyl (C=O) groups is 1. The molecular weight excluding hydrogens is 647 g/mol. The van der Waals surface area contributed by atoms with Crippen LogP contribution in [0.5, 0.6) is 0 Å². The molecule has 0 saturated heterocycles. The summed E-state index contributed by atoms with van der Waals surface area (Å²) in [6.45, 7) is 4.04. The molecule has 0 fully saturated rings. The second kappa shape index (κ2) is 37.2. The number of unbranched alkanes of at least 4 members (excludes halogenated alkanes) is 19. The number of amides is 1. The molecule has 0 aliphatic heterocycles. The van der Waals surface area contributed by atoms with E-state index >= 15 is 0 Å². The van der Waals surface area contributed by atoms with Crippen molar-refractivity contribution in [1.82, 2.24) is 5.32 Å². The first-order valence-corrected chi connectivity index (χ1v) is 21.8. The van der Waals surface area contributed by atoms with Gasteiger partial charge in [-0.3, -0.25) is 13.8 Å². The Hall–Kier alpha value is -1.54. The Morgan fingerprint density at radius 2 is 1.08 bits per heavy atom. The summed E-state index contributed by atoms with van der Waals surface area (Å²) in [5.41, 5.74) is 5.35. The second-order valence-corrected chi connectivity index (χ2v) is 14.9. The van der Waals surface area contributed by atoms with Crippen LogP contribution in [0.4, 0.5) is 0 Å². The maximum absolute atomic E-state index is 12.7. The molecule has 0 heterocycles. The predicted molar refractivity (Wildman–Crippen MR) is 212 cm³/mol. The standard InChI is InChI=1S/C41H77N2O6P/c1-3-5-7-9-11-13-15-16-17-18-19-20-21-22-23-25-26-28-30-32-34-40(44)39(38-49-50(46,47)48-37-36-42)43-41(45)35-33-31-29-27-24-14-12-10-8-6-4-2/h10,12,20-21,25-26,32,34,39-40,44H,3-9,11,13-19,22-24,27-31,33,35-38,42H2,1-2H3,(H,43,45)(H,46,47)/b12-10-,21-20+,26-25+,34-32+. The van der Waals surface area contributed by atoms with Gasteiger partial charge in [0.2, 0.25) is 5.91 Å². The molecule has 0 spiro atoms. The van der Waals surface area contributed by atoms with Crippen LogP contribution in [0, 0.1) is 0 Å². The van der Waals surface area contributed by atoms with E-state index in [2.05, 4.69) is 55.6 Å². The molecule has 5 N–H and O–H groups in total. The summed E-state index contributed by atoms with van der Waals surface area (Å²) in [6, 6.07) is -0.886. The molecule has 0 aromatic carbocycles. The normalized spacial score (nSPS) is 14.7. The van der Waals surface area contributed by atoms with Crippen LogP contribution in [-0.2, 0) is 18.4 Å². The van der Waals surface area contributed by atoms with Crippen molar-refractivity contribution in [2.24, 2.45) is 5.73 Å². The monoisotopic (exact) mass is 725 g/mol. The number of phosphoric ester groups is 1. The largest absolute Gasteiger partial charge is 0.472 e. The number of nitrogens with two attached hydrogens (primary N) is 1. The van der Waals surface area contributed by atoms with E-state index in [1.165, 1.54) is 83.5 Å². The van der Waals surface area contributed by atoms with E-state index in [4.69, 9.17) is 14.8 Å². The van der Waals surface area contributed by atoms with Gasteiger partial charge in [-0.2, -0.15) is 0 Å². The summed E-state index contributed by atoms with van der Waals surface area (Å²) in [7, 11) is -4.35. The lowest BCUT2D eigenvalue weighted by Crippen LogP contribution is -2.45. The third-order valence-corrected chi connectivity index (χ3v) is 9.59. The van der Waals surface area contributed by atoms with Crippen molar-refractivity contribution in [3.63, 3.8) is 0 Å². The van der Waals surface area contributed by atoms with Crippen molar-refractivity contribution in [1.29, 1.82) is 0 Å². The second-order valence-electron chi connectivity index (χ2n) is 13.5. The van der Waals surface area contributed by atoms with Crippen LogP contribution in [0.2, 0.25) is 0 Å². The third kappa shape index (κ3) is 34.9. The maximum Gasteiger partial charge on any atom is 0.472 e. The smallest absolute Gasteiger partial charge is 0.387 e. The molecule has 0 bridgehead atoms. The lowest BCUT2D eigenvalue weighted by molar-refractivity contribution is -0.123. The number of allylic oxidation sites excluding steroid dienone is 7. The van der Waals surface area contributed by atoms with E-state index in [9.17, 15) is 19.4 Å². The first kappa shape index (κ1) is 48.5. The molecular formula is C41H77N2O6P. The van der Waals surface area contributed by atoms with Crippen LogP contribution in [-0.4, -0.2) is 47.8 Å². The number of hydrogen-bond donors (Lipinski definition) is 4. The van der Waals surface area contributed by atoms with Gasteiger partial charge in [0.05, 0.1) is 25.4 Å². The van der Waals surface area contributed by atoms with Crippen LogP contribution >= 0.6 is 7.82 Å². The zero-order chi connectivity index (χ0) is 36.8. The number of rotatable bonds is 37. The Morgan fingerprint density at radius 3 is 1.60 bits per heavy atom. The number of nitrogens with one attached hydrogen (secondary N) is 1. The summed E-state index contributed by atoms with van der Waals surface area (Å²) in [6.07, 6.45) is 44.5. The molecule has 0 aromatic rings. The van der Waals surface area contributed by atoms with Gasteiger partial charge in [0.15, 0.2) is 0 Å². The van der Waals surface area contributed by atoms with Gasteiger partial charge in [0, 0.05) is 13.0 Å². The Labute approximate surface area is 307 Å². The van der Waals surface area contributed by atoms with Crippen molar-refractivity contribution >= 4 is 13.7 Å². The van der Waals surface area contributed by atoms with Crippen molar-refractivity contribution in [3.05, 3.63) is 48.6 Å². The van der Waals surface area contributed by atoms with Crippen LogP contribution in [0.3, 0.4) is 0 Å². The Kier molecular flexibility index (Phi) is 36.1. The molecule has 292 valence electrons. The molecule has 1 amide bonds. The highest BCUT2D eigenvalue weighted by molar-refractivity contribution is 7.47. The molecule has 9 heteroatoms. The first-order chi connectivity index (χ1) is 24.4. The highest BCUT2D eigenvalue weighted by Gasteiger charge is 2.26. The summed E-state index contributed by atoms with van der Waals surface area (Å²) in [4.78, 5) is 22.6. The zero-order valence-corrected chi connectivity index (χ0v) is 33.0. The minimum Gasteiger partial charge on any atom is -0.387 e. The summed E-state index contributed by atoms with van der Waals surface area (Å²) < 4.78 is 22.0. The van der Waals surface area contributed by atoms with Gasteiger partial charge in [0.25, 0.3) is 0 Å². The predicted octanol–water partition coefficient (Wildman–Crippen LogP) is 10.9. The third-order valence-electron chi connectivity index (χ3n) is 8.60. The molecule has 3 unspecified atom stereocenters. The van der Waals surface area contributed by atoms with Gasteiger partial charge >= 0.3 is 7.82 Å². The van der Waals surface area contributed by atoms with Crippen LogP contribution in [0.25, 0.3) is 0 Å². The molecule has 0 radical (unpaired) electrons. The summed E-state index contributed by atoms with van der Waals surface area (Å²) in [5.74, 6) is -0.221. The van der Waals surface area contributed by atoms with Gasteiger partial charge in [-0.05, 0) is 64.2 Å². The molecule has 0 aliphatic rings. The van der Waals surface area contributed by atoms with Crippen LogP contribution < -0.4 is 11.1 Å². The van der Waals surface area contributed by atoms with Crippen LogP contribution in [0.1, 0.15) is 174 Å². The Bertz CT molecular complexity index is 923. The fourth-order valence-corrected chi connectivity index (χ4v) is 6.26. The number of hydrogen-bond acceptors (Lipinski definition) is 6. The topological polar surface area (TPSA) is 131 Å². The van der Waals surface area contributed by atoms with Gasteiger partial charge in [0.1, 0.15) is 0 Å². The molecule has 0 rings (SSSR count). The van der Waals surface area contributed by atoms with Gasteiger partial charge in [-0.25, -0.2) is 4.57 Å². The van der Waals surface area contributed by atoms with Crippen molar-refractivity contribution in [3.8, 4) is 0 Å². The highest BCUT2D eigenvalue weighted by atomic mass is 31.2. The minimum atomic E-state index is -4.35. The Balaban J connectivity index is 4.33. The lowest BCUT2D eigenvalue weighted by atomic mass is 10.1. The molecule has 50 heavy (non-hydrogen) atoms. The van der Waals surface area contributed by atoms with Crippen molar-refractivity contribution in [2.45, 2.75) is 187 Å². The number of aliphatic hydroxyl groups excluding tert-OH is 1. The molecule has 3 atom stereocenters. The molecule has 8 nitrogen and oxygen atoms in total. The van der Waals surface area contributed by atoms with Crippen molar-refractivity contribution in [2.75, 3.05) is 19.8 Å². The summed E-state index contributed by atoms with van der Waals surface area (Å²) >= 11 is 0. The number of phosphoric acid groups is 1. The Morgan fingerprint density at radius 1 is 0.640 bits per heavy atom. The average Bonchev–Trinajstić information content (AvgIpc) is 3.10. The van der Waals surface area contributed by atoms with Crippen LogP contribution in [0.15, 0.2) is 48.6 Å². The van der Waals surface area contributed by atoms with Gasteiger partial charge in [-0.15, -0.1) is 0 Å². The molecule has 0 aromatic heterocycles. The molecule has 0 saturated carbocycles. The quantitative estimate of drug-likeness (QED) is 0.0285. The number of aliphatic hydroxyl groups is 1.